The highest BCUT2D eigenvalue weighted by Crippen LogP contribution is 2.24. The van der Waals surface area contributed by atoms with E-state index in [1.54, 1.807) is 12.1 Å². The minimum atomic E-state index is -1.22. The summed E-state index contributed by atoms with van der Waals surface area (Å²) in [5.41, 5.74) is 0.456. The summed E-state index contributed by atoms with van der Waals surface area (Å²) in [6, 6.07) is 6.29. The number of carbonyl (C=O) groups excluding carboxylic acids is 2. The Morgan fingerprint density at radius 1 is 1.20 bits per heavy atom. The SMILES string of the molecule is CC(C)C[C@H](ON1C(=O)c2ccccc2C1=O)C(=O)O. The van der Waals surface area contributed by atoms with Gasteiger partial charge in [0.25, 0.3) is 11.8 Å². The zero-order chi connectivity index (χ0) is 14.9. The van der Waals surface area contributed by atoms with Gasteiger partial charge in [0.15, 0.2) is 6.10 Å². The lowest BCUT2D eigenvalue weighted by atomic mass is 10.1. The maximum absolute atomic E-state index is 12.0. The van der Waals surface area contributed by atoms with Gasteiger partial charge in [-0.1, -0.05) is 26.0 Å². The number of carbonyl (C=O) groups is 3. The van der Waals surface area contributed by atoms with Crippen LogP contribution in [0.25, 0.3) is 0 Å². The standard InChI is InChI=1S/C14H15NO5/c1-8(2)7-11(14(18)19)20-15-12(16)9-5-3-4-6-10(9)13(15)17/h3-6,8,11H,7H2,1-2H3,(H,18,19)/t11-/m0/s1. The molecule has 1 aromatic rings. The molecular formula is C14H15NO5. The first-order valence-corrected chi connectivity index (χ1v) is 6.29. The first kappa shape index (κ1) is 14.2. The van der Waals surface area contributed by atoms with Gasteiger partial charge in [-0.05, 0) is 24.5 Å². The molecule has 106 valence electrons. The average molecular weight is 277 g/mol. The third-order valence-electron chi connectivity index (χ3n) is 2.95. The molecule has 1 atom stereocenters. The quantitative estimate of drug-likeness (QED) is 0.828. The number of hydroxylamine groups is 2. The van der Waals surface area contributed by atoms with E-state index >= 15 is 0 Å². The lowest BCUT2D eigenvalue weighted by Crippen LogP contribution is -2.38. The van der Waals surface area contributed by atoms with E-state index in [4.69, 9.17) is 9.94 Å². The summed E-state index contributed by atoms with van der Waals surface area (Å²) in [7, 11) is 0. The van der Waals surface area contributed by atoms with Gasteiger partial charge in [0, 0.05) is 0 Å². The van der Waals surface area contributed by atoms with Crippen LogP contribution >= 0.6 is 0 Å². The number of fused-ring (bicyclic) bond motifs is 1. The van der Waals surface area contributed by atoms with E-state index in [1.165, 1.54) is 12.1 Å². The van der Waals surface area contributed by atoms with Gasteiger partial charge in [0.2, 0.25) is 0 Å². The molecule has 1 heterocycles. The van der Waals surface area contributed by atoms with Crippen molar-refractivity contribution in [3.8, 4) is 0 Å². The molecule has 1 N–H and O–H groups in total. The van der Waals surface area contributed by atoms with E-state index in [0.717, 1.165) is 0 Å². The zero-order valence-corrected chi connectivity index (χ0v) is 11.2. The van der Waals surface area contributed by atoms with Crippen molar-refractivity contribution in [2.75, 3.05) is 0 Å². The number of rotatable bonds is 5. The van der Waals surface area contributed by atoms with Crippen molar-refractivity contribution in [2.45, 2.75) is 26.4 Å². The fourth-order valence-corrected chi connectivity index (χ4v) is 2.01. The Morgan fingerprint density at radius 3 is 2.10 bits per heavy atom. The van der Waals surface area contributed by atoms with E-state index in [1.807, 2.05) is 13.8 Å². The van der Waals surface area contributed by atoms with Crippen molar-refractivity contribution in [3.05, 3.63) is 35.4 Å². The number of hydrogen-bond donors (Lipinski definition) is 1. The first-order chi connectivity index (χ1) is 9.41. The van der Waals surface area contributed by atoms with E-state index < -0.39 is 23.9 Å². The number of hydrogen-bond acceptors (Lipinski definition) is 4. The smallest absolute Gasteiger partial charge is 0.335 e. The summed E-state index contributed by atoms with van der Waals surface area (Å²) >= 11 is 0. The van der Waals surface area contributed by atoms with Gasteiger partial charge in [0.1, 0.15) is 0 Å². The number of amides is 2. The second kappa shape index (κ2) is 5.42. The largest absolute Gasteiger partial charge is 0.479 e. The van der Waals surface area contributed by atoms with Gasteiger partial charge in [-0.15, -0.1) is 5.06 Å². The molecule has 2 amide bonds. The molecule has 0 spiro atoms. The Bertz CT molecular complexity index is 531. The Balaban J connectivity index is 2.21. The lowest BCUT2D eigenvalue weighted by Gasteiger charge is -2.20. The van der Waals surface area contributed by atoms with Crippen LogP contribution in [-0.2, 0) is 9.63 Å². The van der Waals surface area contributed by atoms with Gasteiger partial charge in [0.05, 0.1) is 11.1 Å². The monoisotopic (exact) mass is 277 g/mol. The van der Waals surface area contributed by atoms with Crippen LogP contribution < -0.4 is 0 Å². The van der Waals surface area contributed by atoms with E-state index in [-0.39, 0.29) is 23.5 Å². The van der Waals surface area contributed by atoms with Gasteiger partial charge in [-0.3, -0.25) is 9.59 Å². The van der Waals surface area contributed by atoms with Crippen LogP contribution in [0.4, 0.5) is 0 Å². The Hall–Kier alpha value is -2.21. The highest BCUT2D eigenvalue weighted by atomic mass is 16.7. The molecule has 0 saturated heterocycles. The summed E-state index contributed by atoms with van der Waals surface area (Å²) in [5, 5.41) is 9.65. The Kier molecular flexibility index (Phi) is 3.85. The van der Waals surface area contributed by atoms with Gasteiger partial charge >= 0.3 is 5.97 Å². The van der Waals surface area contributed by atoms with Gasteiger partial charge < -0.3 is 5.11 Å². The Morgan fingerprint density at radius 2 is 1.70 bits per heavy atom. The topological polar surface area (TPSA) is 83.9 Å². The summed E-state index contributed by atoms with van der Waals surface area (Å²) in [5.74, 6) is -2.39. The maximum Gasteiger partial charge on any atom is 0.335 e. The molecule has 0 aromatic heterocycles. The van der Waals surface area contributed by atoms with E-state index in [0.29, 0.717) is 5.06 Å². The summed E-state index contributed by atoms with van der Waals surface area (Å²) in [6.45, 7) is 3.67. The molecule has 0 radical (unpaired) electrons. The second-order valence-corrected chi connectivity index (χ2v) is 5.01. The lowest BCUT2D eigenvalue weighted by molar-refractivity contribution is -0.176. The minimum Gasteiger partial charge on any atom is -0.479 e. The van der Waals surface area contributed by atoms with E-state index in [9.17, 15) is 14.4 Å². The summed E-state index contributed by atoms with van der Waals surface area (Å²) < 4.78 is 0. The number of carboxylic acids is 1. The molecule has 1 aliphatic rings. The van der Waals surface area contributed by atoms with Gasteiger partial charge in [-0.2, -0.15) is 0 Å². The van der Waals surface area contributed by atoms with Gasteiger partial charge in [-0.25, -0.2) is 9.63 Å². The molecule has 1 aliphatic heterocycles. The number of aliphatic carboxylic acids is 1. The number of nitrogens with zero attached hydrogens (tertiary/aromatic N) is 1. The van der Waals surface area contributed by atoms with Crippen LogP contribution in [0.5, 0.6) is 0 Å². The molecule has 0 saturated carbocycles. The maximum atomic E-state index is 12.0. The Labute approximate surface area is 115 Å². The molecule has 1 aromatic carbocycles. The second-order valence-electron chi connectivity index (χ2n) is 5.01. The third-order valence-corrected chi connectivity index (χ3v) is 2.95. The van der Waals surface area contributed by atoms with Crippen molar-refractivity contribution in [3.63, 3.8) is 0 Å². The van der Waals surface area contributed by atoms with Crippen molar-refractivity contribution in [1.29, 1.82) is 0 Å². The van der Waals surface area contributed by atoms with Crippen LogP contribution in [0.3, 0.4) is 0 Å². The highest BCUT2D eigenvalue weighted by molar-refractivity contribution is 6.20. The van der Waals surface area contributed by atoms with Crippen LogP contribution in [0.2, 0.25) is 0 Å². The van der Waals surface area contributed by atoms with E-state index in [2.05, 4.69) is 0 Å². The molecule has 0 bridgehead atoms. The van der Waals surface area contributed by atoms with Crippen LogP contribution in [-0.4, -0.2) is 34.1 Å². The minimum absolute atomic E-state index is 0.0614. The molecular weight excluding hydrogens is 262 g/mol. The molecule has 6 heteroatoms. The zero-order valence-electron chi connectivity index (χ0n) is 11.2. The highest BCUT2D eigenvalue weighted by Gasteiger charge is 2.39. The predicted octanol–water partition coefficient (Wildman–Crippen LogP) is 1.71. The van der Waals surface area contributed by atoms with Crippen molar-refractivity contribution < 1.29 is 24.3 Å². The fourth-order valence-electron chi connectivity index (χ4n) is 2.01. The van der Waals surface area contributed by atoms with Crippen LogP contribution in [0, 0.1) is 5.92 Å². The average Bonchev–Trinajstić information content (AvgIpc) is 2.63. The fraction of sp³-hybridized carbons (Fsp3) is 0.357. The summed E-state index contributed by atoms with van der Waals surface area (Å²) in [4.78, 5) is 40.3. The molecule has 2 rings (SSSR count). The number of carboxylic acid groups (broad SMARTS) is 1. The number of imide groups is 1. The number of benzene rings is 1. The van der Waals surface area contributed by atoms with Crippen molar-refractivity contribution in [1.82, 2.24) is 5.06 Å². The molecule has 0 fully saturated rings. The molecule has 0 aliphatic carbocycles. The predicted molar refractivity (Wildman–Crippen MR) is 68.9 cm³/mol. The first-order valence-electron chi connectivity index (χ1n) is 6.29. The summed E-state index contributed by atoms with van der Waals surface area (Å²) in [6.07, 6.45) is -1.01. The van der Waals surface area contributed by atoms with Crippen molar-refractivity contribution in [2.24, 2.45) is 5.92 Å². The van der Waals surface area contributed by atoms with Crippen LogP contribution in [0.1, 0.15) is 41.0 Å². The third kappa shape index (κ3) is 2.55. The molecule has 20 heavy (non-hydrogen) atoms. The van der Waals surface area contributed by atoms with Crippen molar-refractivity contribution >= 4 is 17.8 Å². The molecule has 6 nitrogen and oxygen atoms in total. The molecule has 0 unspecified atom stereocenters. The van der Waals surface area contributed by atoms with Crippen LogP contribution in [0.15, 0.2) is 24.3 Å². The normalized spacial score (nSPS) is 15.7.